The molecule has 0 amide bonds. The number of hydrogen-bond donors (Lipinski definition) is 2. The third-order valence-corrected chi connectivity index (χ3v) is 4.80. The molecule has 162 valence electrons. The summed E-state index contributed by atoms with van der Waals surface area (Å²) in [6, 6.07) is 16.2. The van der Waals surface area contributed by atoms with Gasteiger partial charge < -0.3 is 29.7 Å². The molecule has 0 unspecified atom stereocenters. The summed E-state index contributed by atoms with van der Waals surface area (Å²) in [5.41, 5.74) is 2.42. The Morgan fingerprint density at radius 1 is 1.00 bits per heavy atom. The molecule has 1 saturated heterocycles. The quantitative estimate of drug-likeness (QED) is 0.375. The molecule has 0 aliphatic carbocycles. The van der Waals surface area contributed by atoms with E-state index in [9.17, 15) is 0 Å². The summed E-state index contributed by atoms with van der Waals surface area (Å²) in [7, 11) is 1.65. The van der Waals surface area contributed by atoms with Gasteiger partial charge in [-0.1, -0.05) is 12.1 Å². The number of guanidine groups is 1. The summed E-state index contributed by atoms with van der Waals surface area (Å²) >= 11 is 0. The Kier molecular flexibility index (Phi) is 8.65. The summed E-state index contributed by atoms with van der Waals surface area (Å²) in [5, 5.41) is 6.59. The molecule has 7 nitrogen and oxygen atoms in total. The van der Waals surface area contributed by atoms with E-state index in [2.05, 4.69) is 51.7 Å². The molecule has 7 heteroatoms. The van der Waals surface area contributed by atoms with Crippen LogP contribution in [0.3, 0.4) is 0 Å². The molecular formula is C23H32N4O3. The first-order valence-corrected chi connectivity index (χ1v) is 10.5. The second-order valence-electron chi connectivity index (χ2n) is 6.91. The summed E-state index contributed by atoms with van der Waals surface area (Å²) in [6.07, 6.45) is 0. The Balaban J connectivity index is 1.45. The monoisotopic (exact) mass is 412 g/mol. The number of benzene rings is 2. The molecule has 1 aliphatic rings. The van der Waals surface area contributed by atoms with Crippen LogP contribution in [0.5, 0.6) is 11.5 Å². The van der Waals surface area contributed by atoms with Crippen LogP contribution in [0.25, 0.3) is 0 Å². The number of nitrogens with one attached hydrogen (secondary N) is 2. The second-order valence-corrected chi connectivity index (χ2v) is 6.91. The van der Waals surface area contributed by atoms with Crippen LogP contribution in [0.15, 0.2) is 53.5 Å². The van der Waals surface area contributed by atoms with E-state index in [0.29, 0.717) is 19.7 Å². The molecule has 0 bridgehead atoms. The third-order valence-electron chi connectivity index (χ3n) is 4.80. The summed E-state index contributed by atoms with van der Waals surface area (Å²) in [5.74, 6) is 2.42. The van der Waals surface area contributed by atoms with Gasteiger partial charge in [0.25, 0.3) is 0 Å². The molecule has 0 radical (unpaired) electrons. The number of nitrogens with zero attached hydrogens (tertiary/aromatic N) is 2. The zero-order valence-electron chi connectivity index (χ0n) is 17.9. The first-order chi connectivity index (χ1) is 14.8. The molecular weight excluding hydrogens is 380 g/mol. The Hall–Kier alpha value is -2.93. The number of hydrogen-bond acceptors (Lipinski definition) is 5. The van der Waals surface area contributed by atoms with Crippen LogP contribution in [-0.2, 0) is 11.3 Å². The van der Waals surface area contributed by atoms with E-state index in [-0.39, 0.29) is 0 Å². The first-order valence-electron chi connectivity index (χ1n) is 10.5. The number of aliphatic imine (C=N–C) groups is 1. The van der Waals surface area contributed by atoms with Crippen LogP contribution in [0.1, 0.15) is 12.5 Å². The molecule has 1 aliphatic heterocycles. The van der Waals surface area contributed by atoms with Crippen LogP contribution >= 0.6 is 0 Å². The zero-order chi connectivity index (χ0) is 21.0. The lowest BCUT2D eigenvalue weighted by Gasteiger charge is -2.28. The van der Waals surface area contributed by atoms with Crippen molar-refractivity contribution < 1.29 is 14.2 Å². The lowest BCUT2D eigenvalue weighted by Crippen LogP contribution is -2.39. The highest BCUT2D eigenvalue weighted by Crippen LogP contribution is 2.17. The maximum absolute atomic E-state index is 5.75. The third kappa shape index (κ3) is 6.84. The van der Waals surface area contributed by atoms with Crippen molar-refractivity contribution >= 4 is 11.6 Å². The minimum Gasteiger partial charge on any atom is -0.497 e. The molecule has 2 N–H and O–H groups in total. The molecule has 2 aromatic rings. The molecule has 3 rings (SSSR count). The molecule has 0 saturated carbocycles. The minimum absolute atomic E-state index is 0.547. The van der Waals surface area contributed by atoms with Crippen molar-refractivity contribution in [2.24, 2.45) is 4.99 Å². The van der Waals surface area contributed by atoms with E-state index in [1.165, 1.54) is 11.3 Å². The highest BCUT2D eigenvalue weighted by Gasteiger charge is 2.10. The summed E-state index contributed by atoms with van der Waals surface area (Å²) in [4.78, 5) is 7.03. The lowest BCUT2D eigenvalue weighted by atomic mass is 10.2. The predicted molar refractivity (Wildman–Crippen MR) is 121 cm³/mol. The first kappa shape index (κ1) is 21.8. The van der Waals surface area contributed by atoms with Crippen molar-refractivity contribution in [3.63, 3.8) is 0 Å². The van der Waals surface area contributed by atoms with Crippen molar-refractivity contribution in [3.05, 3.63) is 54.1 Å². The fourth-order valence-corrected chi connectivity index (χ4v) is 3.16. The van der Waals surface area contributed by atoms with Gasteiger partial charge in [0.1, 0.15) is 18.1 Å². The second kappa shape index (κ2) is 11.9. The van der Waals surface area contributed by atoms with E-state index in [1.807, 2.05) is 24.3 Å². The van der Waals surface area contributed by atoms with E-state index < -0.39 is 0 Å². The van der Waals surface area contributed by atoms with Gasteiger partial charge in [-0.15, -0.1) is 0 Å². The molecule has 0 spiro atoms. The van der Waals surface area contributed by atoms with E-state index in [1.54, 1.807) is 7.11 Å². The van der Waals surface area contributed by atoms with Crippen molar-refractivity contribution in [1.29, 1.82) is 0 Å². The largest absolute Gasteiger partial charge is 0.497 e. The smallest absolute Gasteiger partial charge is 0.191 e. The fourth-order valence-electron chi connectivity index (χ4n) is 3.16. The Bertz CT molecular complexity index is 772. The number of methoxy groups -OCH3 is 1. The Morgan fingerprint density at radius 3 is 2.37 bits per heavy atom. The number of ether oxygens (including phenoxy) is 3. The van der Waals surface area contributed by atoms with Gasteiger partial charge in [-0.2, -0.15) is 0 Å². The van der Waals surface area contributed by atoms with Crippen LogP contribution < -0.4 is 25.0 Å². The van der Waals surface area contributed by atoms with Crippen LogP contribution in [0.4, 0.5) is 5.69 Å². The van der Waals surface area contributed by atoms with E-state index in [0.717, 1.165) is 50.3 Å². The Morgan fingerprint density at radius 2 is 1.70 bits per heavy atom. The molecule has 30 heavy (non-hydrogen) atoms. The van der Waals surface area contributed by atoms with Crippen LogP contribution in [-0.4, -0.2) is 59.1 Å². The average molecular weight is 413 g/mol. The van der Waals surface area contributed by atoms with Crippen molar-refractivity contribution in [1.82, 2.24) is 10.6 Å². The van der Waals surface area contributed by atoms with Crippen molar-refractivity contribution in [3.8, 4) is 11.5 Å². The molecule has 1 fully saturated rings. The topological polar surface area (TPSA) is 67.4 Å². The fraction of sp³-hybridized carbons (Fsp3) is 0.435. The van der Waals surface area contributed by atoms with E-state index >= 15 is 0 Å². The van der Waals surface area contributed by atoms with Gasteiger partial charge in [0.2, 0.25) is 0 Å². The molecule has 0 atom stereocenters. The van der Waals surface area contributed by atoms with Crippen LogP contribution in [0, 0.1) is 0 Å². The maximum Gasteiger partial charge on any atom is 0.191 e. The average Bonchev–Trinajstić information content (AvgIpc) is 2.81. The normalized spacial score (nSPS) is 14.3. The standard InChI is InChI=1S/C23H32N4O3/c1-3-24-23(25-12-15-30-22-10-8-21(28-2)9-11-22)26-18-19-4-6-20(7-5-19)27-13-16-29-17-14-27/h4-11H,3,12-18H2,1-2H3,(H2,24,25,26). The van der Waals surface area contributed by atoms with E-state index in [4.69, 9.17) is 14.2 Å². The van der Waals surface area contributed by atoms with Gasteiger partial charge in [-0.05, 0) is 48.9 Å². The number of morpholine rings is 1. The lowest BCUT2D eigenvalue weighted by molar-refractivity contribution is 0.122. The maximum atomic E-state index is 5.75. The van der Waals surface area contributed by atoms with Gasteiger partial charge >= 0.3 is 0 Å². The van der Waals surface area contributed by atoms with Crippen molar-refractivity contribution in [2.75, 3.05) is 58.0 Å². The van der Waals surface area contributed by atoms with Gasteiger partial charge in [0.05, 0.1) is 33.4 Å². The van der Waals surface area contributed by atoms with Crippen molar-refractivity contribution in [2.45, 2.75) is 13.5 Å². The van der Waals surface area contributed by atoms with Gasteiger partial charge in [0.15, 0.2) is 5.96 Å². The minimum atomic E-state index is 0.547. The molecule has 1 heterocycles. The molecule has 0 aromatic heterocycles. The van der Waals surface area contributed by atoms with Gasteiger partial charge in [-0.3, -0.25) is 0 Å². The highest BCUT2D eigenvalue weighted by molar-refractivity contribution is 5.79. The summed E-state index contributed by atoms with van der Waals surface area (Å²) < 4.78 is 16.3. The van der Waals surface area contributed by atoms with Gasteiger partial charge in [0, 0.05) is 25.3 Å². The predicted octanol–water partition coefficient (Wildman–Crippen LogP) is 2.67. The number of anilines is 1. The van der Waals surface area contributed by atoms with Gasteiger partial charge in [-0.25, -0.2) is 4.99 Å². The highest BCUT2D eigenvalue weighted by atomic mass is 16.5. The van der Waals surface area contributed by atoms with Crippen LogP contribution in [0.2, 0.25) is 0 Å². The summed E-state index contributed by atoms with van der Waals surface area (Å²) in [6.45, 7) is 8.19. The molecule has 2 aromatic carbocycles. The zero-order valence-corrected chi connectivity index (χ0v) is 17.9. The SMILES string of the molecule is CCNC(=NCc1ccc(N2CCOCC2)cc1)NCCOc1ccc(OC)cc1. The Labute approximate surface area is 179 Å². The number of rotatable bonds is 9.